The predicted molar refractivity (Wildman–Crippen MR) is 66.0 cm³/mol. The summed E-state index contributed by atoms with van der Waals surface area (Å²) in [5.41, 5.74) is 4.85. The van der Waals surface area contributed by atoms with Crippen molar-refractivity contribution in [3.05, 3.63) is 29.3 Å². The lowest BCUT2D eigenvalue weighted by molar-refractivity contribution is 0.131. The standard InChI is InChI=1S/C13H18F2N2O/c1-13(2)4-3-10(17-13)12(18)7-5-8(14)11(16)9(15)6-7/h5-6,10,12,17-18H,3-4,16H2,1-2H3/t10?,12-/m1/s1. The molecule has 1 unspecified atom stereocenters. The maximum atomic E-state index is 13.3. The van der Waals surface area contributed by atoms with Gasteiger partial charge in [0.15, 0.2) is 0 Å². The van der Waals surface area contributed by atoms with Gasteiger partial charge < -0.3 is 16.2 Å². The molecule has 5 heteroatoms. The molecule has 2 atom stereocenters. The fourth-order valence-corrected chi connectivity index (χ4v) is 2.41. The number of aliphatic hydroxyl groups is 1. The van der Waals surface area contributed by atoms with E-state index in [9.17, 15) is 13.9 Å². The number of benzene rings is 1. The zero-order valence-electron chi connectivity index (χ0n) is 10.5. The number of nitrogens with two attached hydrogens (primary N) is 1. The van der Waals surface area contributed by atoms with E-state index < -0.39 is 23.4 Å². The first-order chi connectivity index (χ1) is 8.30. The van der Waals surface area contributed by atoms with Gasteiger partial charge in [0.25, 0.3) is 0 Å². The van der Waals surface area contributed by atoms with Crippen molar-refractivity contribution in [2.24, 2.45) is 0 Å². The molecule has 1 aliphatic rings. The highest BCUT2D eigenvalue weighted by atomic mass is 19.1. The second kappa shape index (κ2) is 4.48. The molecule has 0 amide bonds. The number of hydrogen-bond acceptors (Lipinski definition) is 3. The molecule has 1 heterocycles. The summed E-state index contributed by atoms with van der Waals surface area (Å²) in [7, 11) is 0. The molecule has 0 saturated carbocycles. The fraction of sp³-hybridized carbons (Fsp3) is 0.538. The summed E-state index contributed by atoms with van der Waals surface area (Å²) in [5, 5.41) is 13.4. The summed E-state index contributed by atoms with van der Waals surface area (Å²) in [6, 6.07) is 1.99. The van der Waals surface area contributed by atoms with E-state index >= 15 is 0 Å². The van der Waals surface area contributed by atoms with Crippen molar-refractivity contribution in [3.8, 4) is 0 Å². The van der Waals surface area contributed by atoms with Gasteiger partial charge in [0.1, 0.15) is 17.3 Å². The third-order valence-electron chi connectivity index (χ3n) is 3.48. The number of anilines is 1. The molecule has 100 valence electrons. The second-order valence-corrected chi connectivity index (χ2v) is 5.52. The average molecular weight is 256 g/mol. The van der Waals surface area contributed by atoms with Gasteiger partial charge in [0, 0.05) is 11.6 Å². The molecule has 3 nitrogen and oxygen atoms in total. The summed E-state index contributed by atoms with van der Waals surface area (Å²) in [4.78, 5) is 0. The minimum absolute atomic E-state index is 0.0590. The highest BCUT2D eigenvalue weighted by Crippen LogP contribution is 2.31. The highest BCUT2D eigenvalue weighted by Gasteiger charge is 2.34. The molecular weight excluding hydrogens is 238 g/mol. The Kier molecular flexibility index (Phi) is 3.29. The van der Waals surface area contributed by atoms with E-state index in [-0.39, 0.29) is 17.1 Å². The smallest absolute Gasteiger partial charge is 0.149 e. The number of hydrogen-bond donors (Lipinski definition) is 3. The van der Waals surface area contributed by atoms with Crippen LogP contribution < -0.4 is 11.1 Å². The van der Waals surface area contributed by atoms with E-state index in [1.165, 1.54) is 0 Å². The third kappa shape index (κ3) is 2.47. The van der Waals surface area contributed by atoms with Gasteiger partial charge in [-0.25, -0.2) is 8.78 Å². The van der Waals surface area contributed by atoms with Crippen LogP contribution in [0.5, 0.6) is 0 Å². The van der Waals surface area contributed by atoms with Gasteiger partial charge in [-0.3, -0.25) is 0 Å². The van der Waals surface area contributed by atoms with Gasteiger partial charge in [-0.2, -0.15) is 0 Å². The Balaban J connectivity index is 2.22. The Morgan fingerprint density at radius 2 is 1.94 bits per heavy atom. The quantitative estimate of drug-likeness (QED) is 0.710. The average Bonchev–Trinajstić information content (AvgIpc) is 2.65. The SMILES string of the molecule is CC1(C)CCC([C@H](O)c2cc(F)c(N)c(F)c2)N1. The summed E-state index contributed by atoms with van der Waals surface area (Å²) in [6.07, 6.45) is 0.743. The minimum atomic E-state index is -0.934. The number of nitrogens with one attached hydrogen (secondary N) is 1. The normalized spacial score (nSPS) is 24.2. The highest BCUT2D eigenvalue weighted by molar-refractivity contribution is 5.44. The van der Waals surface area contributed by atoms with E-state index in [2.05, 4.69) is 5.32 Å². The molecule has 1 fully saturated rings. The molecule has 0 spiro atoms. The Bertz CT molecular complexity index is 439. The van der Waals surface area contributed by atoms with Crippen molar-refractivity contribution in [1.82, 2.24) is 5.32 Å². The van der Waals surface area contributed by atoms with Gasteiger partial charge in [-0.15, -0.1) is 0 Å². The van der Waals surface area contributed by atoms with Crippen molar-refractivity contribution >= 4 is 5.69 Å². The number of halogens is 2. The molecule has 0 radical (unpaired) electrons. The topological polar surface area (TPSA) is 58.3 Å². The monoisotopic (exact) mass is 256 g/mol. The van der Waals surface area contributed by atoms with Crippen LogP contribution in [-0.2, 0) is 0 Å². The summed E-state index contributed by atoms with van der Waals surface area (Å²) >= 11 is 0. The number of aliphatic hydroxyl groups excluding tert-OH is 1. The lowest BCUT2D eigenvalue weighted by Crippen LogP contribution is -2.40. The van der Waals surface area contributed by atoms with Crippen LogP contribution in [0.2, 0.25) is 0 Å². The van der Waals surface area contributed by atoms with Crippen molar-refractivity contribution in [2.75, 3.05) is 5.73 Å². The zero-order valence-corrected chi connectivity index (χ0v) is 10.5. The van der Waals surface area contributed by atoms with Crippen molar-refractivity contribution in [3.63, 3.8) is 0 Å². The van der Waals surface area contributed by atoms with Gasteiger partial charge in [-0.1, -0.05) is 0 Å². The van der Waals surface area contributed by atoms with Crippen LogP contribution in [0.4, 0.5) is 14.5 Å². The first-order valence-corrected chi connectivity index (χ1v) is 6.00. The largest absolute Gasteiger partial charge is 0.394 e. The van der Waals surface area contributed by atoms with E-state index in [1.54, 1.807) is 0 Å². The number of nitrogen functional groups attached to an aromatic ring is 1. The molecule has 18 heavy (non-hydrogen) atoms. The van der Waals surface area contributed by atoms with E-state index in [0.717, 1.165) is 25.0 Å². The molecule has 1 aliphatic heterocycles. The molecule has 1 saturated heterocycles. The Morgan fingerprint density at radius 1 is 1.39 bits per heavy atom. The first kappa shape index (κ1) is 13.2. The van der Waals surface area contributed by atoms with E-state index in [4.69, 9.17) is 5.73 Å². The molecule has 2 rings (SSSR count). The lowest BCUT2D eigenvalue weighted by atomic mass is 9.99. The summed E-state index contributed by atoms with van der Waals surface area (Å²) in [6.45, 7) is 4.06. The van der Waals surface area contributed by atoms with Crippen LogP contribution in [-0.4, -0.2) is 16.7 Å². The molecule has 1 aromatic carbocycles. The second-order valence-electron chi connectivity index (χ2n) is 5.52. The van der Waals surface area contributed by atoms with Gasteiger partial charge in [0.05, 0.1) is 6.10 Å². The fourth-order valence-electron chi connectivity index (χ4n) is 2.41. The van der Waals surface area contributed by atoms with Crippen molar-refractivity contribution < 1.29 is 13.9 Å². The number of rotatable bonds is 2. The molecule has 1 aromatic rings. The van der Waals surface area contributed by atoms with E-state index in [0.29, 0.717) is 0 Å². The van der Waals surface area contributed by atoms with Crippen LogP contribution >= 0.6 is 0 Å². The van der Waals surface area contributed by atoms with Gasteiger partial charge >= 0.3 is 0 Å². The maximum absolute atomic E-state index is 13.3. The van der Waals surface area contributed by atoms with Crippen LogP contribution in [0, 0.1) is 11.6 Å². The van der Waals surface area contributed by atoms with Gasteiger partial charge in [0.2, 0.25) is 0 Å². The predicted octanol–water partition coefficient (Wildman–Crippen LogP) is 2.11. The summed E-state index contributed by atoms with van der Waals surface area (Å²) < 4.78 is 26.7. The summed E-state index contributed by atoms with van der Waals surface area (Å²) in [5.74, 6) is -1.66. The van der Waals surface area contributed by atoms with Crippen LogP contribution in [0.1, 0.15) is 38.4 Å². The first-order valence-electron chi connectivity index (χ1n) is 6.00. The van der Waals surface area contributed by atoms with Crippen LogP contribution in [0.25, 0.3) is 0 Å². The Hall–Kier alpha value is -1.20. The van der Waals surface area contributed by atoms with Crippen LogP contribution in [0.3, 0.4) is 0 Å². The van der Waals surface area contributed by atoms with E-state index in [1.807, 2.05) is 13.8 Å². The molecule has 4 N–H and O–H groups in total. The van der Waals surface area contributed by atoms with Crippen molar-refractivity contribution in [1.29, 1.82) is 0 Å². The Labute approximate surface area is 105 Å². The molecule has 0 aromatic heterocycles. The van der Waals surface area contributed by atoms with Crippen LogP contribution in [0.15, 0.2) is 12.1 Å². The lowest BCUT2D eigenvalue weighted by Gasteiger charge is -2.24. The molecule has 0 bridgehead atoms. The van der Waals surface area contributed by atoms with Gasteiger partial charge in [-0.05, 0) is 44.4 Å². The Morgan fingerprint density at radius 3 is 2.39 bits per heavy atom. The third-order valence-corrected chi connectivity index (χ3v) is 3.48. The molecular formula is C13H18F2N2O. The van der Waals surface area contributed by atoms with Crippen molar-refractivity contribution in [2.45, 2.75) is 44.4 Å². The maximum Gasteiger partial charge on any atom is 0.149 e. The minimum Gasteiger partial charge on any atom is -0.394 e. The molecule has 0 aliphatic carbocycles. The zero-order chi connectivity index (χ0) is 13.5.